The molecule has 8 nitrogen and oxygen atoms in total. The zero-order valence-electron chi connectivity index (χ0n) is 19.4. The lowest BCUT2D eigenvalue weighted by molar-refractivity contribution is -0.119. The Morgan fingerprint density at radius 1 is 1.11 bits per heavy atom. The van der Waals surface area contributed by atoms with E-state index >= 15 is 0 Å². The van der Waals surface area contributed by atoms with Crippen molar-refractivity contribution in [3.63, 3.8) is 0 Å². The van der Waals surface area contributed by atoms with E-state index in [0.717, 1.165) is 22.7 Å². The molecule has 3 aromatic carbocycles. The second-order valence-electron chi connectivity index (χ2n) is 7.94. The van der Waals surface area contributed by atoms with Gasteiger partial charge in [0.15, 0.2) is 11.0 Å². The van der Waals surface area contributed by atoms with Crippen LogP contribution in [0.2, 0.25) is 5.02 Å². The van der Waals surface area contributed by atoms with E-state index in [1.807, 2.05) is 53.1 Å². The number of nitrogens with one attached hydrogen (secondary N) is 1. The largest absolute Gasteiger partial charge is 0.497 e. The van der Waals surface area contributed by atoms with Crippen LogP contribution >= 0.6 is 23.4 Å². The van der Waals surface area contributed by atoms with Crippen LogP contribution in [0.5, 0.6) is 17.2 Å². The number of amides is 1. The molecule has 1 atom stereocenters. The van der Waals surface area contributed by atoms with Gasteiger partial charge in [0.25, 0.3) is 0 Å². The average Bonchev–Trinajstić information content (AvgIpc) is 3.51. The number of carbonyl (C=O) groups excluding carboxylic acids is 1. The van der Waals surface area contributed by atoms with Crippen LogP contribution in [0.3, 0.4) is 0 Å². The predicted molar refractivity (Wildman–Crippen MR) is 137 cm³/mol. The molecular formula is C26H23ClN4O4S. The first-order valence-corrected chi connectivity index (χ1v) is 12.6. The number of carbonyl (C=O) groups is 1. The Hall–Kier alpha value is -3.69. The minimum Gasteiger partial charge on any atom is -0.497 e. The summed E-state index contributed by atoms with van der Waals surface area (Å²) in [6, 6.07) is 22.2. The highest BCUT2D eigenvalue weighted by Gasteiger charge is 2.26. The minimum atomic E-state index is -0.237. The number of ether oxygens (including phenoxy) is 3. The number of nitrogens with zero attached hydrogens (tertiary/aromatic N) is 3. The lowest BCUT2D eigenvalue weighted by atomic mass is 10.1. The SMILES string of the molecule is COc1ccc2c(c1)[C@@H](NC(=O)CSc1nnc(COc3ccc(Cl)cc3)n1-c1ccccc1)CO2. The van der Waals surface area contributed by atoms with Gasteiger partial charge in [-0.2, -0.15) is 0 Å². The number of thioether (sulfide) groups is 1. The summed E-state index contributed by atoms with van der Waals surface area (Å²) >= 11 is 7.27. The lowest BCUT2D eigenvalue weighted by Crippen LogP contribution is -2.30. The van der Waals surface area contributed by atoms with Gasteiger partial charge < -0.3 is 19.5 Å². The van der Waals surface area contributed by atoms with E-state index in [1.54, 1.807) is 31.4 Å². The normalized spacial score (nSPS) is 14.1. The fourth-order valence-corrected chi connectivity index (χ4v) is 4.72. The Labute approximate surface area is 217 Å². The predicted octanol–water partition coefficient (Wildman–Crippen LogP) is 4.85. The van der Waals surface area contributed by atoms with Crippen molar-refractivity contribution in [2.75, 3.05) is 19.5 Å². The Bertz CT molecular complexity index is 1350. The standard InChI is InChI=1S/C26H23ClN4O4S/c1-33-20-11-12-23-21(13-20)22(14-35-23)28-25(32)16-36-26-30-29-24(31(26)18-5-3-2-4-6-18)15-34-19-9-7-17(27)8-10-19/h2-13,22H,14-16H2,1H3,(H,28,32)/t22-/m0/s1. The summed E-state index contributed by atoms with van der Waals surface area (Å²) in [5.74, 6) is 2.79. The molecule has 1 N–H and O–H groups in total. The van der Waals surface area contributed by atoms with Gasteiger partial charge in [-0.3, -0.25) is 9.36 Å². The molecule has 1 aliphatic rings. The molecule has 10 heteroatoms. The Morgan fingerprint density at radius 2 is 1.89 bits per heavy atom. The zero-order chi connectivity index (χ0) is 24.9. The van der Waals surface area contributed by atoms with Crippen LogP contribution in [0.25, 0.3) is 5.69 Å². The third-order valence-electron chi connectivity index (χ3n) is 5.56. The van der Waals surface area contributed by atoms with Gasteiger partial charge in [-0.15, -0.1) is 10.2 Å². The van der Waals surface area contributed by atoms with Crippen LogP contribution in [0.4, 0.5) is 0 Å². The van der Waals surface area contributed by atoms with Gasteiger partial charge in [0, 0.05) is 16.3 Å². The third kappa shape index (κ3) is 5.42. The fraction of sp³-hybridized carbons (Fsp3) is 0.192. The highest BCUT2D eigenvalue weighted by atomic mass is 35.5. The molecule has 1 aromatic heterocycles. The number of hydrogen-bond donors (Lipinski definition) is 1. The Morgan fingerprint density at radius 3 is 2.67 bits per heavy atom. The molecule has 0 saturated carbocycles. The number of para-hydroxylation sites is 1. The van der Waals surface area contributed by atoms with E-state index in [-0.39, 0.29) is 24.3 Å². The molecule has 0 unspecified atom stereocenters. The molecule has 1 aliphatic heterocycles. The van der Waals surface area contributed by atoms with Crippen molar-refractivity contribution in [2.45, 2.75) is 17.8 Å². The highest BCUT2D eigenvalue weighted by molar-refractivity contribution is 7.99. The van der Waals surface area contributed by atoms with E-state index < -0.39 is 0 Å². The molecule has 0 bridgehead atoms. The quantitative estimate of drug-likeness (QED) is 0.314. The molecule has 0 radical (unpaired) electrons. The topological polar surface area (TPSA) is 87.5 Å². The van der Waals surface area contributed by atoms with Crippen LogP contribution in [0, 0.1) is 0 Å². The number of halogens is 1. The molecule has 0 fully saturated rings. The number of aromatic nitrogens is 3. The van der Waals surface area contributed by atoms with Gasteiger partial charge in [0.2, 0.25) is 5.91 Å². The summed E-state index contributed by atoms with van der Waals surface area (Å²) < 4.78 is 18.8. The summed E-state index contributed by atoms with van der Waals surface area (Å²) in [4.78, 5) is 12.8. The molecule has 5 rings (SSSR count). The maximum Gasteiger partial charge on any atom is 0.231 e. The summed E-state index contributed by atoms with van der Waals surface area (Å²) in [7, 11) is 1.61. The molecule has 0 aliphatic carbocycles. The average molecular weight is 523 g/mol. The number of rotatable bonds is 9. The first kappa shape index (κ1) is 24.0. The maximum absolute atomic E-state index is 12.8. The lowest BCUT2D eigenvalue weighted by Gasteiger charge is -2.13. The first-order chi connectivity index (χ1) is 17.6. The van der Waals surface area contributed by atoms with Crippen molar-refractivity contribution in [1.82, 2.24) is 20.1 Å². The number of fused-ring (bicyclic) bond motifs is 1. The van der Waals surface area contributed by atoms with E-state index in [2.05, 4.69) is 15.5 Å². The Balaban J connectivity index is 1.28. The molecular weight excluding hydrogens is 500 g/mol. The maximum atomic E-state index is 12.8. The number of benzene rings is 3. The molecule has 0 saturated heterocycles. The van der Waals surface area contributed by atoms with Crippen LogP contribution in [-0.4, -0.2) is 40.1 Å². The molecule has 36 heavy (non-hydrogen) atoms. The molecule has 184 valence electrons. The van der Waals surface area contributed by atoms with E-state index in [9.17, 15) is 4.79 Å². The van der Waals surface area contributed by atoms with Gasteiger partial charge in [-0.25, -0.2) is 0 Å². The van der Waals surface area contributed by atoms with Crippen LogP contribution < -0.4 is 19.5 Å². The number of hydrogen-bond acceptors (Lipinski definition) is 7. The van der Waals surface area contributed by atoms with E-state index in [1.165, 1.54) is 11.8 Å². The van der Waals surface area contributed by atoms with Crippen LogP contribution in [-0.2, 0) is 11.4 Å². The second-order valence-corrected chi connectivity index (χ2v) is 9.31. The Kier molecular flexibility index (Phi) is 7.29. The zero-order valence-corrected chi connectivity index (χ0v) is 21.0. The van der Waals surface area contributed by atoms with Crippen molar-refractivity contribution in [3.8, 4) is 22.9 Å². The van der Waals surface area contributed by atoms with Crippen LogP contribution in [0.1, 0.15) is 17.4 Å². The molecule has 0 spiro atoms. The van der Waals surface area contributed by atoms with E-state index in [0.29, 0.717) is 28.4 Å². The smallest absolute Gasteiger partial charge is 0.231 e. The van der Waals surface area contributed by atoms with Crippen molar-refractivity contribution < 1.29 is 19.0 Å². The van der Waals surface area contributed by atoms with Crippen molar-refractivity contribution in [3.05, 3.63) is 89.2 Å². The fourth-order valence-electron chi connectivity index (χ4n) is 3.81. The van der Waals surface area contributed by atoms with E-state index in [4.69, 9.17) is 25.8 Å². The molecule has 1 amide bonds. The summed E-state index contributed by atoms with van der Waals surface area (Å²) in [5, 5.41) is 12.9. The van der Waals surface area contributed by atoms with Crippen molar-refractivity contribution >= 4 is 29.3 Å². The van der Waals surface area contributed by atoms with Gasteiger partial charge in [0.05, 0.1) is 18.9 Å². The first-order valence-electron chi connectivity index (χ1n) is 11.2. The minimum absolute atomic E-state index is 0.133. The van der Waals surface area contributed by atoms with Gasteiger partial charge in [-0.05, 0) is 54.6 Å². The van der Waals surface area contributed by atoms with Gasteiger partial charge in [0.1, 0.15) is 30.5 Å². The molecule has 4 aromatic rings. The highest BCUT2D eigenvalue weighted by Crippen LogP contribution is 2.35. The summed E-state index contributed by atoms with van der Waals surface area (Å²) in [6.45, 7) is 0.583. The van der Waals surface area contributed by atoms with Gasteiger partial charge >= 0.3 is 0 Å². The second kappa shape index (κ2) is 10.9. The summed E-state index contributed by atoms with van der Waals surface area (Å²) in [6.07, 6.45) is 0. The third-order valence-corrected chi connectivity index (χ3v) is 6.74. The summed E-state index contributed by atoms with van der Waals surface area (Å²) in [5.41, 5.74) is 1.78. The molecule has 2 heterocycles. The number of methoxy groups -OCH3 is 1. The van der Waals surface area contributed by atoms with Gasteiger partial charge in [-0.1, -0.05) is 41.6 Å². The van der Waals surface area contributed by atoms with Crippen LogP contribution in [0.15, 0.2) is 78.0 Å². The van der Waals surface area contributed by atoms with Crippen molar-refractivity contribution in [1.29, 1.82) is 0 Å². The van der Waals surface area contributed by atoms with Crippen molar-refractivity contribution in [2.24, 2.45) is 0 Å². The monoisotopic (exact) mass is 522 g/mol.